The molecule has 1 saturated carbocycles. The number of rotatable bonds is 8. The Balaban J connectivity index is 1.39. The molecule has 158 valence electrons. The van der Waals surface area contributed by atoms with Gasteiger partial charge < -0.3 is 5.11 Å². The van der Waals surface area contributed by atoms with E-state index in [1.807, 2.05) is 0 Å². The molecule has 0 unspecified atom stereocenters. The Morgan fingerprint density at radius 1 is 0.893 bits per heavy atom. The Kier molecular flexibility index (Phi) is 8.37. The number of phenolic OH excluding ortho intramolecular Hbond substituents is 1. The summed E-state index contributed by atoms with van der Waals surface area (Å²) in [5.74, 6) is -1.22. The zero-order chi connectivity index (χ0) is 19.9. The number of aromatic hydroxyl groups is 1. The number of unbranched alkanes of at least 4 members (excludes halogenated alkanes) is 4. The molecule has 1 aliphatic heterocycles. The van der Waals surface area contributed by atoms with Crippen LogP contribution in [-0.4, -0.2) is 13.9 Å². The zero-order valence-electron chi connectivity index (χ0n) is 17.6. The van der Waals surface area contributed by atoms with Gasteiger partial charge in [-0.15, -0.1) is 0 Å². The van der Waals surface area contributed by atoms with E-state index in [9.17, 15) is 13.9 Å². The van der Waals surface area contributed by atoms with Crippen LogP contribution in [0.4, 0.5) is 8.78 Å². The summed E-state index contributed by atoms with van der Waals surface area (Å²) in [6.45, 7) is 2.28. The summed E-state index contributed by atoms with van der Waals surface area (Å²) in [4.78, 5) is 0. The van der Waals surface area contributed by atoms with E-state index in [-0.39, 0.29) is 5.92 Å². The Bertz CT molecular complexity index is 582. The number of hydrogen-bond donors (Lipinski definition) is 1. The van der Waals surface area contributed by atoms with E-state index in [0.717, 1.165) is 29.9 Å². The van der Waals surface area contributed by atoms with Crippen LogP contribution in [0.25, 0.3) is 0 Å². The van der Waals surface area contributed by atoms with Crippen molar-refractivity contribution in [1.29, 1.82) is 0 Å². The SMILES string of the molecule is CCCCCCCC1CCC([SiH]2CCC(c3cc(F)c(O)c(F)c3)CC2)CC1. The molecule has 28 heavy (non-hydrogen) atoms. The highest BCUT2D eigenvalue weighted by Gasteiger charge is 2.32. The summed E-state index contributed by atoms with van der Waals surface area (Å²) in [5, 5.41) is 9.31. The highest BCUT2D eigenvalue weighted by Crippen LogP contribution is 2.44. The van der Waals surface area contributed by atoms with E-state index < -0.39 is 26.2 Å². The van der Waals surface area contributed by atoms with Gasteiger partial charge in [0.15, 0.2) is 17.4 Å². The largest absolute Gasteiger partial charge is 0.503 e. The van der Waals surface area contributed by atoms with Crippen molar-refractivity contribution in [1.82, 2.24) is 0 Å². The lowest BCUT2D eigenvalue weighted by Gasteiger charge is -2.37. The molecule has 3 rings (SSSR count). The Morgan fingerprint density at radius 2 is 1.50 bits per heavy atom. The standard InChI is InChI=1S/C24H38F2OSi/c1-2-3-4-5-6-7-18-8-10-21(11-9-18)28-14-12-19(13-15-28)20-16-22(25)24(27)23(26)17-20/h16-19,21,27-28H,2-15H2,1H3. The fourth-order valence-corrected chi connectivity index (χ4v) is 9.95. The molecule has 0 amide bonds. The molecule has 2 fully saturated rings. The Morgan fingerprint density at radius 3 is 2.11 bits per heavy atom. The number of phenols is 1. The van der Waals surface area contributed by atoms with Crippen LogP contribution >= 0.6 is 0 Å². The van der Waals surface area contributed by atoms with Crippen molar-refractivity contribution in [3.63, 3.8) is 0 Å². The minimum Gasteiger partial charge on any atom is -0.503 e. The number of hydrogen-bond acceptors (Lipinski definition) is 1. The molecule has 1 heterocycles. The van der Waals surface area contributed by atoms with Crippen LogP contribution in [0.2, 0.25) is 17.6 Å². The molecule has 2 aliphatic rings. The van der Waals surface area contributed by atoms with E-state index in [2.05, 4.69) is 6.92 Å². The van der Waals surface area contributed by atoms with E-state index in [1.165, 1.54) is 88.4 Å². The molecule has 4 heteroatoms. The second-order valence-corrected chi connectivity index (χ2v) is 13.0. The summed E-state index contributed by atoms with van der Waals surface area (Å²) < 4.78 is 27.3. The van der Waals surface area contributed by atoms with Crippen LogP contribution in [0, 0.1) is 17.6 Å². The van der Waals surface area contributed by atoms with Gasteiger partial charge in [-0.3, -0.25) is 0 Å². The molecule has 0 bridgehead atoms. The van der Waals surface area contributed by atoms with Crippen LogP contribution in [-0.2, 0) is 0 Å². The van der Waals surface area contributed by atoms with Crippen LogP contribution in [0.5, 0.6) is 5.75 Å². The average Bonchev–Trinajstić information content (AvgIpc) is 2.72. The van der Waals surface area contributed by atoms with Gasteiger partial charge in [-0.05, 0) is 47.9 Å². The fourth-order valence-electron chi connectivity index (χ4n) is 5.73. The molecule has 1 nitrogen and oxygen atoms in total. The summed E-state index contributed by atoms with van der Waals surface area (Å²) in [7, 11) is -0.711. The van der Waals surface area contributed by atoms with Gasteiger partial charge in [0.05, 0.1) is 0 Å². The predicted octanol–water partition coefficient (Wildman–Crippen LogP) is 7.70. The highest BCUT2D eigenvalue weighted by atomic mass is 28.3. The fraction of sp³-hybridized carbons (Fsp3) is 0.750. The molecule has 1 aromatic rings. The van der Waals surface area contributed by atoms with E-state index in [1.54, 1.807) is 0 Å². The van der Waals surface area contributed by atoms with Gasteiger partial charge in [0, 0.05) is 8.80 Å². The van der Waals surface area contributed by atoms with E-state index in [0.29, 0.717) is 0 Å². The first-order valence-electron chi connectivity index (χ1n) is 11.8. The maximum Gasteiger partial charge on any atom is 0.187 e. The van der Waals surface area contributed by atoms with Gasteiger partial charge in [0.1, 0.15) is 0 Å². The molecule has 1 aliphatic carbocycles. The molecule has 0 aromatic heterocycles. The Hall–Kier alpha value is -0.903. The molecule has 0 radical (unpaired) electrons. The summed E-state index contributed by atoms with van der Waals surface area (Å²) >= 11 is 0. The van der Waals surface area contributed by atoms with Crippen molar-refractivity contribution in [3.05, 3.63) is 29.3 Å². The lowest BCUT2D eigenvalue weighted by atomic mass is 9.85. The maximum absolute atomic E-state index is 13.7. The third kappa shape index (κ3) is 5.81. The van der Waals surface area contributed by atoms with Crippen molar-refractivity contribution in [2.45, 2.75) is 108 Å². The first-order valence-corrected chi connectivity index (χ1v) is 14.1. The smallest absolute Gasteiger partial charge is 0.187 e. The van der Waals surface area contributed by atoms with Crippen molar-refractivity contribution < 1.29 is 13.9 Å². The second-order valence-electron chi connectivity index (χ2n) is 9.43. The van der Waals surface area contributed by atoms with Crippen molar-refractivity contribution in [2.24, 2.45) is 5.92 Å². The molecule has 1 saturated heterocycles. The predicted molar refractivity (Wildman–Crippen MR) is 116 cm³/mol. The van der Waals surface area contributed by atoms with Gasteiger partial charge in [0.2, 0.25) is 0 Å². The van der Waals surface area contributed by atoms with Crippen LogP contribution in [0.3, 0.4) is 0 Å². The maximum atomic E-state index is 13.7. The van der Waals surface area contributed by atoms with Gasteiger partial charge in [0.25, 0.3) is 0 Å². The number of halogens is 2. The van der Waals surface area contributed by atoms with E-state index >= 15 is 0 Å². The van der Waals surface area contributed by atoms with Crippen LogP contribution < -0.4 is 0 Å². The molecule has 1 N–H and O–H groups in total. The molecule has 1 aromatic carbocycles. The van der Waals surface area contributed by atoms with Crippen molar-refractivity contribution >= 4 is 8.80 Å². The molecule has 0 spiro atoms. The summed E-state index contributed by atoms with van der Waals surface area (Å²) in [6, 6.07) is 5.33. The van der Waals surface area contributed by atoms with Crippen molar-refractivity contribution in [2.75, 3.05) is 0 Å². The van der Waals surface area contributed by atoms with E-state index in [4.69, 9.17) is 0 Å². The normalized spacial score (nSPS) is 28.4. The lowest BCUT2D eigenvalue weighted by Crippen LogP contribution is -2.29. The quantitative estimate of drug-likeness (QED) is 0.345. The second kappa shape index (κ2) is 10.8. The first-order chi connectivity index (χ1) is 13.6. The van der Waals surface area contributed by atoms with Gasteiger partial charge in [-0.1, -0.05) is 83.2 Å². The van der Waals surface area contributed by atoms with Crippen LogP contribution in [0.1, 0.15) is 95.5 Å². The molecular formula is C24H38F2OSi. The van der Waals surface area contributed by atoms with Gasteiger partial charge in [-0.25, -0.2) is 8.78 Å². The highest BCUT2D eigenvalue weighted by molar-refractivity contribution is 6.60. The minimum atomic E-state index is -0.839. The third-order valence-corrected chi connectivity index (χ3v) is 11.7. The monoisotopic (exact) mass is 408 g/mol. The first kappa shape index (κ1) is 21.8. The van der Waals surface area contributed by atoms with Gasteiger partial charge >= 0.3 is 0 Å². The minimum absolute atomic E-state index is 0.271. The number of benzene rings is 1. The van der Waals surface area contributed by atoms with Crippen molar-refractivity contribution in [3.8, 4) is 5.75 Å². The van der Waals surface area contributed by atoms with Gasteiger partial charge in [-0.2, -0.15) is 0 Å². The topological polar surface area (TPSA) is 20.2 Å². The molecule has 0 atom stereocenters. The zero-order valence-corrected chi connectivity index (χ0v) is 18.7. The molecular weight excluding hydrogens is 370 g/mol. The average molecular weight is 409 g/mol. The lowest BCUT2D eigenvalue weighted by molar-refractivity contribution is 0.324. The Labute approximate surface area is 171 Å². The van der Waals surface area contributed by atoms with Crippen LogP contribution in [0.15, 0.2) is 12.1 Å². The summed E-state index contributed by atoms with van der Waals surface area (Å²) in [6.07, 6.45) is 16.4. The summed E-state index contributed by atoms with van der Waals surface area (Å²) in [5.41, 5.74) is 1.75. The third-order valence-electron chi connectivity index (χ3n) is 7.56.